The van der Waals surface area contributed by atoms with Crippen molar-refractivity contribution in [2.45, 2.75) is 50.9 Å². The molecule has 2 atom stereocenters. The van der Waals surface area contributed by atoms with Crippen molar-refractivity contribution in [3.63, 3.8) is 0 Å². The molecular weight excluding hydrogens is 821 g/mol. The molecule has 1 unspecified atom stereocenters. The van der Waals surface area contributed by atoms with E-state index >= 15 is 0 Å². The summed E-state index contributed by atoms with van der Waals surface area (Å²) in [5, 5.41) is 18.3. The summed E-state index contributed by atoms with van der Waals surface area (Å²) in [6.45, 7) is 0.972. The van der Waals surface area contributed by atoms with Crippen molar-refractivity contribution in [1.29, 1.82) is 0 Å². The second-order valence-electron chi connectivity index (χ2n) is 14.2. The van der Waals surface area contributed by atoms with E-state index in [9.17, 15) is 51.1 Å². The molecule has 5 heterocycles. The van der Waals surface area contributed by atoms with E-state index < -0.39 is 71.1 Å². The molecular formula is C41H34F4N10O7. The molecule has 3 aliphatic heterocycles. The number of urea groups is 1. The topological polar surface area (TPSA) is 216 Å². The first kappa shape index (κ1) is 42.4. The van der Waals surface area contributed by atoms with E-state index in [0.717, 1.165) is 32.9 Å². The Labute approximate surface area is 349 Å². The molecule has 62 heavy (non-hydrogen) atoms. The van der Waals surface area contributed by atoms with E-state index in [1.54, 1.807) is 12.1 Å². The molecule has 7 rings (SSSR count). The number of anilines is 4. The highest BCUT2D eigenvalue weighted by molar-refractivity contribution is 6.25. The third-order valence-electron chi connectivity index (χ3n) is 9.93. The van der Waals surface area contributed by atoms with Gasteiger partial charge in [-0.2, -0.15) is 13.2 Å². The first-order chi connectivity index (χ1) is 29.6. The minimum Gasteiger partial charge on any atom is -0.384 e. The summed E-state index contributed by atoms with van der Waals surface area (Å²) in [6, 6.07) is 10.6. The van der Waals surface area contributed by atoms with Gasteiger partial charge in [-0.3, -0.25) is 48.8 Å². The predicted octanol–water partition coefficient (Wildman–Crippen LogP) is 3.55. The molecule has 2 fully saturated rings. The van der Waals surface area contributed by atoms with Crippen molar-refractivity contribution in [2.24, 2.45) is 0 Å². The van der Waals surface area contributed by atoms with E-state index in [4.69, 9.17) is 0 Å². The molecule has 0 radical (unpaired) electrons. The van der Waals surface area contributed by atoms with Gasteiger partial charge in [-0.05, 0) is 86.3 Å². The first-order valence-corrected chi connectivity index (χ1v) is 19.0. The van der Waals surface area contributed by atoms with Crippen LogP contribution in [-0.4, -0.2) is 93.3 Å². The summed E-state index contributed by atoms with van der Waals surface area (Å²) < 4.78 is 54.7. The number of aromatic nitrogens is 3. The number of hydrogen-bond donors (Lipinski definition) is 4. The number of nitrogens with zero attached hydrogens (tertiary/aromatic N) is 6. The van der Waals surface area contributed by atoms with Gasteiger partial charge in [-0.25, -0.2) is 14.2 Å². The average molecular weight is 855 g/mol. The Morgan fingerprint density at radius 3 is 2.45 bits per heavy atom. The van der Waals surface area contributed by atoms with Gasteiger partial charge < -0.3 is 16.0 Å². The summed E-state index contributed by atoms with van der Waals surface area (Å²) in [6.07, 6.45) is -4.41. The number of nitrogens with one attached hydrogen (secondary N) is 4. The molecule has 0 bridgehead atoms. The van der Waals surface area contributed by atoms with Crippen LogP contribution in [0.2, 0.25) is 0 Å². The maximum absolute atomic E-state index is 14.0. The number of alkyl halides is 3. The fraction of sp³-hybridized carbons (Fsp3) is 0.268. The summed E-state index contributed by atoms with van der Waals surface area (Å²) in [5.74, 6) is 0.990. The predicted molar refractivity (Wildman–Crippen MR) is 211 cm³/mol. The zero-order valence-electron chi connectivity index (χ0n) is 32.5. The summed E-state index contributed by atoms with van der Waals surface area (Å²) in [5.41, 5.74) is -0.205. The molecule has 21 heteroatoms. The number of rotatable bonds is 11. The lowest BCUT2D eigenvalue weighted by molar-refractivity contribution is -0.138. The lowest BCUT2D eigenvalue weighted by atomic mass is 10.0. The quantitative estimate of drug-likeness (QED) is 0.0741. The van der Waals surface area contributed by atoms with Crippen molar-refractivity contribution in [3.8, 4) is 11.8 Å². The Kier molecular flexibility index (Phi) is 11.9. The monoisotopic (exact) mass is 854 g/mol. The summed E-state index contributed by atoms with van der Waals surface area (Å²) in [4.78, 5) is 96.9. The fourth-order valence-electron chi connectivity index (χ4n) is 7.01. The molecule has 0 saturated carbocycles. The second kappa shape index (κ2) is 17.5. The minimum atomic E-state index is -4.74. The number of fused-ring (bicyclic) bond motifs is 1. The third-order valence-corrected chi connectivity index (χ3v) is 9.93. The number of aryl methyl sites for hydroxylation is 1. The second-order valence-corrected chi connectivity index (χ2v) is 14.2. The number of imide groups is 2. The van der Waals surface area contributed by atoms with Gasteiger partial charge in [0.05, 0.1) is 23.2 Å². The number of halogens is 4. The van der Waals surface area contributed by atoms with Gasteiger partial charge in [0.25, 0.3) is 17.7 Å². The summed E-state index contributed by atoms with van der Waals surface area (Å²) >= 11 is 0. The number of piperidine rings is 1. The molecule has 2 aromatic heterocycles. The van der Waals surface area contributed by atoms with Gasteiger partial charge in [0.2, 0.25) is 17.7 Å². The smallest absolute Gasteiger partial charge is 0.384 e. The molecule has 3 aliphatic rings. The van der Waals surface area contributed by atoms with Crippen LogP contribution in [0.1, 0.15) is 63.4 Å². The van der Waals surface area contributed by atoms with Crippen molar-refractivity contribution >= 4 is 64.5 Å². The zero-order chi connectivity index (χ0) is 44.3. The van der Waals surface area contributed by atoms with Crippen molar-refractivity contribution in [3.05, 3.63) is 101 Å². The van der Waals surface area contributed by atoms with Gasteiger partial charge in [0.1, 0.15) is 29.4 Å². The highest BCUT2D eigenvalue weighted by Crippen LogP contribution is 2.34. The molecule has 2 saturated heterocycles. The number of pyridine rings is 1. The van der Waals surface area contributed by atoms with Crippen LogP contribution >= 0.6 is 0 Å². The molecule has 0 spiro atoms. The largest absolute Gasteiger partial charge is 0.416 e. The van der Waals surface area contributed by atoms with Crippen LogP contribution in [0.3, 0.4) is 0 Å². The zero-order valence-corrected chi connectivity index (χ0v) is 32.5. The average Bonchev–Trinajstić information content (AvgIpc) is 3.74. The minimum absolute atomic E-state index is 0.00775. The van der Waals surface area contributed by atoms with Crippen molar-refractivity contribution in [2.75, 3.05) is 40.1 Å². The lowest BCUT2D eigenvalue weighted by Crippen LogP contribution is -2.54. The maximum Gasteiger partial charge on any atom is 0.416 e. The van der Waals surface area contributed by atoms with Crippen LogP contribution in [-0.2, 0) is 25.4 Å². The molecule has 0 aliphatic carbocycles. The number of hydrogen-bond acceptors (Lipinski definition) is 11. The van der Waals surface area contributed by atoms with E-state index in [1.165, 1.54) is 37.3 Å². The number of carbonyl (C=O) groups is 7. The van der Waals surface area contributed by atoms with E-state index in [0.29, 0.717) is 18.2 Å². The van der Waals surface area contributed by atoms with Gasteiger partial charge in [0.15, 0.2) is 5.82 Å². The number of amides is 8. The van der Waals surface area contributed by atoms with Crippen molar-refractivity contribution in [1.82, 2.24) is 30.7 Å². The van der Waals surface area contributed by atoms with Gasteiger partial charge in [-0.1, -0.05) is 12.0 Å². The summed E-state index contributed by atoms with van der Waals surface area (Å²) in [7, 11) is 0. The lowest BCUT2D eigenvalue weighted by Gasteiger charge is -2.28. The molecule has 4 aromatic rings. The van der Waals surface area contributed by atoms with Gasteiger partial charge in [-0.15, -0.1) is 10.2 Å². The standard InChI is InChI=1S/C41H34F4N10O7/c1-22-19-23(41(43,44)45)20-32(48-22)54-30(21-47-40(54)62)38(60)53(26-12-9-24(42)10-13-26)18-4-5-25-11-15-31(52-51-25)49-33(56)8-3-17-46-28-7-2-6-27-35(28)39(61)55(37(27)59)29-14-16-34(57)50-36(29)58/h2,6-7,9-13,15,19-20,29-30,46H,3,8,14,16-18,21H2,1H3,(H,47,62)(H,49,52,56)(H,50,57,58)/t29?,30-/m0/s1. The molecule has 17 nitrogen and oxygen atoms in total. The fourth-order valence-corrected chi connectivity index (χ4v) is 7.01. The van der Waals surface area contributed by atoms with Gasteiger partial charge in [0, 0.05) is 43.0 Å². The van der Waals surface area contributed by atoms with E-state index in [2.05, 4.69) is 48.3 Å². The Morgan fingerprint density at radius 2 is 1.74 bits per heavy atom. The first-order valence-electron chi connectivity index (χ1n) is 19.0. The Hall–Kier alpha value is -7.76. The number of carbonyl (C=O) groups excluding carboxylic acids is 7. The molecule has 8 amide bonds. The van der Waals surface area contributed by atoms with Crippen LogP contribution in [0, 0.1) is 24.6 Å². The van der Waals surface area contributed by atoms with Crippen LogP contribution in [0.25, 0.3) is 0 Å². The molecule has 2 aromatic carbocycles. The Bertz CT molecular complexity index is 2560. The van der Waals surface area contributed by atoms with E-state index in [1.807, 2.05) is 0 Å². The number of benzene rings is 2. The Balaban J connectivity index is 0.951. The Morgan fingerprint density at radius 1 is 0.968 bits per heavy atom. The maximum atomic E-state index is 14.0. The van der Waals surface area contributed by atoms with Crippen LogP contribution in [0.15, 0.2) is 66.7 Å². The van der Waals surface area contributed by atoms with Crippen LogP contribution < -0.4 is 31.1 Å². The third kappa shape index (κ3) is 9.03. The highest BCUT2D eigenvalue weighted by Gasteiger charge is 2.46. The highest BCUT2D eigenvalue weighted by atomic mass is 19.4. The van der Waals surface area contributed by atoms with Crippen LogP contribution in [0.4, 0.5) is 45.4 Å². The SMILES string of the molecule is Cc1cc(C(F)(F)F)cc(N2C(=O)NC[C@H]2C(=O)N(CC#Cc2ccc(NC(=O)CCCNc3cccc4c3C(=O)N(C3CCC(=O)NC3=O)C4=O)nn2)c2ccc(F)cc2)n1. The normalized spacial score (nSPS) is 17.2. The van der Waals surface area contributed by atoms with Crippen LogP contribution in [0.5, 0.6) is 0 Å². The van der Waals surface area contributed by atoms with E-state index in [-0.39, 0.29) is 78.7 Å². The molecule has 4 N–H and O–H groups in total. The van der Waals surface area contributed by atoms with Crippen molar-refractivity contribution < 1.29 is 51.1 Å². The molecule has 318 valence electrons. The van der Waals surface area contributed by atoms with Gasteiger partial charge >= 0.3 is 12.2 Å².